The molecular formula is C32H22N4. The molecule has 4 nitrogen and oxygen atoms in total. The summed E-state index contributed by atoms with van der Waals surface area (Å²) in [5, 5.41) is 0. The maximum absolute atomic E-state index is 4.97. The van der Waals surface area contributed by atoms with E-state index < -0.39 is 0 Å². The third kappa shape index (κ3) is 4.28. The molecule has 170 valence electrons. The zero-order valence-electron chi connectivity index (χ0n) is 19.5. The van der Waals surface area contributed by atoms with Crippen molar-refractivity contribution in [2.75, 3.05) is 0 Å². The highest BCUT2D eigenvalue weighted by Gasteiger charge is 2.15. The molecule has 0 amide bonds. The summed E-state index contributed by atoms with van der Waals surface area (Å²) < 4.78 is 0. The Morgan fingerprint density at radius 3 is 1.06 bits per heavy atom. The van der Waals surface area contributed by atoms with Crippen LogP contribution in [0.15, 0.2) is 134 Å². The van der Waals surface area contributed by atoms with Crippen LogP contribution in [0.4, 0.5) is 0 Å². The summed E-state index contributed by atoms with van der Waals surface area (Å²) in [5.41, 5.74) is 9.53. The van der Waals surface area contributed by atoms with Gasteiger partial charge in [-0.3, -0.25) is 9.97 Å². The summed E-state index contributed by atoms with van der Waals surface area (Å²) in [5.74, 6) is 0. The summed E-state index contributed by atoms with van der Waals surface area (Å²) in [7, 11) is 0. The fourth-order valence-electron chi connectivity index (χ4n) is 4.37. The average Bonchev–Trinajstić information content (AvgIpc) is 2.98. The van der Waals surface area contributed by atoms with Gasteiger partial charge in [-0.2, -0.15) is 0 Å². The van der Waals surface area contributed by atoms with E-state index in [2.05, 4.69) is 58.5 Å². The Morgan fingerprint density at radius 2 is 0.639 bits per heavy atom. The molecule has 0 bridgehead atoms. The monoisotopic (exact) mass is 462 g/mol. The molecule has 2 aromatic carbocycles. The lowest BCUT2D eigenvalue weighted by Crippen LogP contribution is -1.94. The van der Waals surface area contributed by atoms with Crippen LogP contribution in [0, 0.1) is 0 Å². The second-order valence-corrected chi connectivity index (χ2v) is 8.34. The lowest BCUT2D eigenvalue weighted by Gasteiger charge is -2.15. The van der Waals surface area contributed by atoms with Crippen LogP contribution < -0.4 is 0 Å². The molecule has 0 N–H and O–H groups in total. The Labute approximate surface area is 210 Å². The molecule has 4 aromatic heterocycles. The second-order valence-electron chi connectivity index (χ2n) is 8.34. The number of hydrogen-bond acceptors (Lipinski definition) is 4. The molecule has 0 spiro atoms. The molecule has 36 heavy (non-hydrogen) atoms. The van der Waals surface area contributed by atoms with Gasteiger partial charge in [0.25, 0.3) is 0 Å². The van der Waals surface area contributed by atoms with Crippen molar-refractivity contribution in [3.63, 3.8) is 0 Å². The highest BCUT2D eigenvalue weighted by atomic mass is 14.8. The van der Waals surface area contributed by atoms with Crippen LogP contribution in [0.3, 0.4) is 0 Å². The van der Waals surface area contributed by atoms with Gasteiger partial charge in [0.05, 0.1) is 34.2 Å². The van der Waals surface area contributed by atoms with E-state index in [0.29, 0.717) is 0 Å². The molecule has 6 rings (SSSR count). The van der Waals surface area contributed by atoms with Crippen molar-refractivity contribution < 1.29 is 0 Å². The van der Waals surface area contributed by atoms with Crippen LogP contribution in [0.5, 0.6) is 0 Å². The van der Waals surface area contributed by atoms with Gasteiger partial charge >= 0.3 is 0 Å². The topological polar surface area (TPSA) is 51.6 Å². The number of rotatable bonds is 5. The Bertz CT molecular complexity index is 1500. The molecule has 0 aliphatic heterocycles. The smallest absolute Gasteiger partial charge is 0.0893 e. The van der Waals surface area contributed by atoms with E-state index in [1.54, 1.807) is 12.4 Å². The third-order valence-corrected chi connectivity index (χ3v) is 6.05. The Balaban J connectivity index is 1.47. The van der Waals surface area contributed by atoms with Crippen molar-refractivity contribution in [3.8, 4) is 56.4 Å². The largest absolute Gasteiger partial charge is 0.255 e. The summed E-state index contributed by atoms with van der Waals surface area (Å²) >= 11 is 0. The number of nitrogens with zero attached hydrogens (tertiary/aromatic N) is 4. The van der Waals surface area contributed by atoms with Crippen LogP contribution >= 0.6 is 0 Å². The first-order valence-electron chi connectivity index (χ1n) is 11.8. The first-order valence-corrected chi connectivity index (χ1v) is 11.8. The van der Waals surface area contributed by atoms with Crippen molar-refractivity contribution in [2.24, 2.45) is 0 Å². The minimum Gasteiger partial charge on any atom is -0.255 e. The standard InChI is InChI=1S/C32H22N4/c1-3-13-25(27-17-9-19-31(35-27)29-15-5-7-21-33-29)23(11-1)24-12-2-4-14-26(24)28-18-10-20-32(36-28)30-16-6-8-22-34-30/h1-22H. The van der Waals surface area contributed by atoms with Crippen molar-refractivity contribution in [1.29, 1.82) is 0 Å². The molecule has 0 radical (unpaired) electrons. The van der Waals surface area contributed by atoms with Gasteiger partial charge in [-0.1, -0.05) is 72.8 Å². The van der Waals surface area contributed by atoms with Gasteiger partial charge in [-0.15, -0.1) is 0 Å². The molecule has 4 heteroatoms. The highest BCUT2D eigenvalue weighted by Crippen LogP contribution is 2.37. The summed E-state index contributed by atoms with van der Waals surface area (Å²) in [6.07, 6.45) is 3.58. The number of hydrogen-bond donors (Lipinski definition) is 0. The molecular weight excluding hydrogens is 440 g/mol. The van der Waals surface area contributed by atoms with E-state index in [0.717, 1.165) is 56.4 Å². The van der Waals surface area contributed by atoms with Crippen LogP contribution in [0.2, 0.25) is 0 Å². The lowest BCUT2D eigenvalue weighted by atomic mass is 9.92. The zero-order chi connectivity index (χ0) is 24.2. The predicted octanol–water partition coefficient (Wildman–Crippen LogP) is 7.60. The summed E-state index contributed by atoms with van der Waals surface area (Å²) in [6.45, 7) is 0. The maximum atomic E-state index is 4.97. The normalized spacial score (nSPS) is 10.8. The minimum atomic E-state index is 0.848. The van der Waals surface area contributed by atoms with Gasteiger partial charge in [0, 0.05) is 23.5 Å². The van der Waals surface area contributed by atoms with Crippen LogP contribution in [0.1, 0.15) is 0 Å². The first-order chi connectivity index (χ1) is 17.9. The predicted molar refractivity (Wildman–Crippen MR) is 145 cm³/mol. The van der Waals surface area contributed by atoms with Crippen molar-refractivity contribution >= 4 is 0 Å². The van der Waals surface area contributed by atoms with Gasteiger partial charge < -0.3 is 0 Å². The van der Waals surface area contributed by atoms with E-state index in [1.807, 2.05) is 72.8 Å². The summed E-state index contributed by atoms with van der Waals surface area (Å²) in [4.78, 5) is 18.9. The molecule has 0 aliphatic carbocycles. The van der Waals surface area contributed by atoms with Gasteiger partial charge in [0.15, 0.2) is 0 Å². The van der Waals surface area contributed by atoms with Crippen molar-refractivity contribution in [1.82, 2.24) is 19.9 Å². The van der Waals surface area contributed by atoms with Crippen molar-refractivity contribution in [2.45, 2.75) is 0 Å². The number of pyridine rings is 4. The van der Waals surface area contributed by atoms with Crippen LogP contribution in [-0.4, -0.2) is 19.9 Å². The second kappa shape index (κ2) is 9.72. The quantitative estimate of drug-likeness (QED) is 0.265. The molecule has 6 aromatic rings. The zero-order valence-corrected chi connectivity index (χ0v) is 19.5. The molecule has 4 heterocycles. The fourth-order valence-corrected chi connectivity index (χ4v) is 4.37. The van der Waals surface area contributed by atoms with Crippen LogP contribution in [-0.2, 0) is 0 Å². The summed E-state index contributed by atoms with van der Waals surface area (Å²) in [6, 6.07) is 40.7. The fraction of sp³-hybridized carbons (Fsp3) is 0. The SMILES string of the molecule is c1ccc(-c2cccc(-c3ccccc3-c3ccccc3-c3cccc(-c4ccccn4)n3)n2)nc1. The highest BCUT2D eigenvalue weighted by molar-refractivity contribution is 5.90. The molecule has 0 fully saturated rings. The number of aromatic nitrogens is 4. The van der Waals surface area contributed by atoms with Crippen LogP contribution in [0.25, 0.3) is 56.4 Å². The van der Waals surface area contributed by atoms with E-state index in [-0.39, 0.29) is 0 Å². The first kappa shape index (κ1) is 21.6. The van der Waals surface area contributed by atoms with E-state index in [4.69, 9.17) is 9.97 Å². The minimum absolute atomic E-state index is 0.848. The Morgan fingerprint density at radius 1 is 0.278 bits per heavy atom. The molecule has 0 aliphatic rings. The van der Waals surface area contributed by atoms with Gasteiger partial charge in [-0.05, 0) is 59.7 Å². The maximum Gasteiger partial charge on any atom is 0.0893 e. The van der Waals surface area contributed by atoms with Gasteiger partial charge in [0.2, 0.25) is 0 Å². The van der Waals surface area contributed by atoms with E-state index in [9.17, 15) is 0 Å². The average molecular weight is 463 g/mol. The molecule has 0 atom stereocenters. The molecule has 0 saturated heterocycles. The van der Waals surface area contributed by atoms with E-state index >= 15 is 0 Å². The molecule has 0 unspecified atom stereocenters. The van der Waals surface area contributed by atoms with Gasteiger partial charge in [0.1, 0.15) is 0 Å². The molecule has 0 saturated carbocycles. The van der Waals surface area contributed by atoms with Crippen molar-refractivity contribution in [3.05, 3.63) is 134 Å². The van der Waals surface area contributed by atoms with Gasteiger partial charge in [-0.25, -0.2) is 9.97 Å². The lowest BCUT2D eigenvalue weighted by molar-refractivity contribution is 1.25. The Hall–Kier alpha value is -4.96. The third-order valence-electron chi connectivity index (χ3n) is 6.05. The van der Waals surface area contributed by atoms with E-state index in [1.165, 1.54) is 0 Å². The number of benzene rings is 2. The Kier molecular flexibility index (Phi) is 5.83.